The van der Waals surface area contributed by atoms with Crippen molar-refractivity contribution in [2.45, 2.75) is 19.9 Å². The van der Waals surface area contributed by atoms with Gasteiger partial charge in [-0.3, -0.25) is 9.69 Å². The second-order valence-electron chi connectivity index (χ2n) is 4.91. The summed E-state index contributed by atoms with van der Waals surface area (Å²) >= 11 is 6.31. The van der Waals surface area contributed by atoms with Crippen molar-refractivity contribution < 1.29 is 24.2 Å². The molecule has 1 aliphatic rings. The molecule has 1 heterocycles. The van der Waals surface area contributed by atoms with Crippen molar-refractivity contribution in [3.8, 4) is 11.5 Å². The largest absolute Gasteiger partial charge is 0.504 e. The monoisotopic (exact) mass is 367 g/mol. The number of amides is 1. The minimum atomic E-state index is -0.785. The number of thiocarbonyl (C=S) groups is 1. The molecule has 0 aliphatic carbocycles. The van der Waals surface area contributed by atoms with Gasteiger partial charge in [0, 0.05) is 0 Å². The fourth-order valence-electron chi connectivity index (χ4n) is 2.13. The number of nitrogens with zero attached hydrogens (tertiary/aromatic N) is 1. The van der Waals surface area contributed by atoms with Crippen LogP contribution in [-0.4, -0.2) is 46.0 Å². The summed E-state index contributed by atoms with van der Waals surface area (Å²) in [5.74, 6) is -0.518. The standard InChI is InChI=1S/C16H17NO5S2/c1-4-22-12-7-10(5-6-11(12)18)8-13-14(19)17(16(23)24-13)9(2)15(20)21-3/h5-9,18H,4H2,1-3H3/b13-8-. The highest BCUT2D eigenvalue weighted by molar-refractivity contribution is 8.26. The number of carbonyl (C=O) groups excluding carboxylic acids is 2. The maximum absolute atomic E-state index is 12.5. The van der Waals surface area contributed by atoms with Crippen molar-refractivity contribution in [1.82, 2.24) is 4.90 Å². The molecule has 1 fully saturated rings. The van der Waals surface area contributed by atoms with Crippen LogP contribution in [0, 0.1) is 0 Å². The van der Waals surface area contributed by atoms with Gasteiger partial charge >= 0.3 is 5.97 Å². The highest BCUT2D eigenvalue weighted by Gasteiger charge is 2.38. The number of ether oxygens (including phenoxy) is 2. The van der Waals surface area contributed by atoms with E-state index in [1.54, 1.807) is 25.1 Å². The first-order valence-electron chi connectivity index (χ1n) is 7.19. The Labute approximate surface area is 149 Å². The van der Waals surface area contributed by atoms with Gasteiger partial charge in [-0.2, -0.15) is 0 Å². The van der Waals surface area contributed by atoms with Crippen LogP contribution in [0.4, 0.5) is 0 Å². The molecular formula is C16H17NO5S2. The summed E-state index contributed by atoms with van der Waals surface area (Å²) in [7, 11) is 1.26. The third-order valence-corrected chi connectivity index (χ3v) is 4.67. The third-order valence-electron chi connectivity index (χ3n) is 3.33. The zero-order valence-corrected chi connectivity index (χ0v) is 15.1. The lowest BCUT2D eigenvalue weighted by Gasteiger charge is -2.20. The summed E-state index contributed by atoms with van der Waals surface area (Å²) < 4.78 is 10.3. The molecule has 1 atom stereocenters. The van der Waals surface area contributed by atoms with E-state index in [2.05, 4.69) is 4.74 Å². The second kappa shape index (κ2) is 7.67. The minimum absolute atomic E-state index is 0.0286. The van der Waals surface area contributed by atoms with Gasteiger partial charge in [0.05, 0.1) is 18.6 Å². The van der Waals surface area contributed by atoms with E-state index in [-0.39, 0.29) is 11.7 Å². The molecule has 0 spiro atoms. The Kier molecular flexibility index (Phi) is 5.84. The lowest BCUT2D eigenvalue weighted by atomic mass is 10.2. The van der Waals surface area contributed by atoms with Gasteiger partial charge in [-0.15, -0.1) is 0 Å². The fourth-order valence-corrected chi connectivity index (χ4v) is 3.55. The Hall–Kier alpha value is -2.06. The Bertz CT molecular complexity index is 716. The first kappa shape index (κ1) is 18.3. The number of methoxy groups -OCH3 is 1. The fraction of sp³-hybridized carbons (Fsp3) is 0.312. The van der Waals surface area contributed by atoms with E-state index in [0.29, 0.717) is 27.1 Å². The minimum Gasteiger partial charge on any atom is -0.504 e. The van der Waals surface area contributed by atoms with E-state index in [0.717, 1.165) is 11.8 Å². The van der Waals surface area contributed by atoms with Crippen molar-refractivity contribution in [2.75, 3.05) is 13.7 Å². The summed E-state index contributed by atoms with van der Waals surface area (Å²) in [6, 6.07) is 4.00. The SMILES string of the molecule is CCOc1cc(/C=C2\SC(=S)N(C(C)C(=O)OC)C2=O)ccc1O. The van der Waals surface area contributed by atoms with Gasteiger partial charge in [0.15, 0.2) is 11.5 Å². The predicted octanol–water partition coefficient (Wildman–Crippen LogP) is 2.55. The van der Waals surface area contributed by atoms with E-state index < -0.39 is 12.0 Å². The van der Waals surface area contributed by atoms with Crippen LogP contribution < -0.4 is 4.74 Å². The number of phenols is 1. The number of benzene rings is 1. The zero-order valence-electron chi connectivity index (χ0n) is 13.4. The summed E-state index contributed by atoms with van der Waals surface area (Å²) in [4.78, 5) is 25.8. The molecule has 8 heteroatoms. The van der Waals surface area contributed by atoms with E-state index in [1.165, 1.54) is 18.1 Å². The van der Waals surface area contributed by atoms with Crippen molar-refractivity contribution in [3.05, 3.63) is 28.7 Å². The Morgan fingerprint density at radius 3 is 2.83 bits per heavy atom. The van der Waals surface area contributed by atoms with E-state index in [4.69, 9.17) is 17.0 Å². The van der Waals surface area contributed by atoms with Gasteiger partial charge < -0.3 is 14.6 Å². The molecule has 1 aliphatic heterocycles. The molecule has 0 radical (unpaired) electrons. The summed E-state index contributed by atoms with van der Waals surface area (Å²) in [5, 5.41) is 9.73. The number of rotatable bonds is 5. The molecule has 128 valence electrons. The van der Waals surface area contributed by atoms with E-state index in [1.807, 2.05) is 6.92 Å². The number of carbonyl (C=O) groups is 2. The maximum Gasteiger partial charge on any atom is 0.328 e. The van der Waals surface area contributed by atoms with Crippen LogP contribution in [0.15, 0.2) is 23.1 Å². The van der Waals surface area contributed by atoms with Crippen LogP contribution in [0.2, 0.25) is 0 Å². The van der Waals surface area contributed by atoms with Crippen molar-refractivity contribution in [1.29, 1.82) is 0 Å². The quantitative estimate of drug-likeness (QED) is 0.487. The number of esters is 1. The number of thioether (sulfide) groups is 1. The van der Waals surface area contributed by atoms with Crippen LogP contribution >= 0.6 is 24.0 Å². The van der Waals surface area contributed by atoms with E-state index in [9.17, 15) is 14.7 Å². The van der Waals surface area contributed by atoms with Crippen molar-refractivity contribution >= 4 is 46.3 Å². The summed E-state index contributed by atoms with van der Waals surface area (Å²) in [6.07, 6.45) is 1.64. The molecule has 2 rings (SSSR count). The zero-order chi connectivity index (χ0) is 17.9. The Morgan fingerprint density at radius 1 is 1.50 bits per heavy atom. The van der Waals surface area contributed by atoms with E-state index >= 15 is 0 Å². The predicted molar refractivity (Wildman–Crippen MR) is 95.8 cm³/mol. The molecule has 24 heavy (non-hydrogen) atoms. The molecule has 1 amide bonds. The number of phenolic OH excluding ortho intramolecular Hbond substituents is 1. The third kappa shape index (κ3) is 3.70. The van der Waals surface area contributed by atoms with Crippen molar-refractivity contribution in [2.24, 2.45) is 0 Å². The lowest BCUT2D eigenvalue weighted by molar-refractivity contribution is -0.147. The molecule has 0 bridgehead atoms. The maximum atomic E-state index is 12.5. The van der Waals surface area contributed by atoms with Crippen LogP contribution in [0.25, 0.3) is 6.08 Å². The molecule has 0 saturated carbocycles. The molecule has 0 aromatic heterocycles. The van der Waals surface area contributed by atoms with Crippen LogP contribution in [0.3, 0.4) is 0 Å². The highest BCUT2D eigenvalue weighted by Crippen LogP contribution is 2.35. The first-order chi connectivity index (χ1) is 11.4. The highest BCUT2D eigenvalue weighted by atomic mass is 32.2. The van der Waals surface area contributed by atoms with Crippen LogP contribution in [0.5, 0.6) is 11.5 Å². The Morgan fingerprint density at radius 2 is 2.21 bits per heavy atom. The molecule has 1 N–H and O–H groups in total. The average Bonchev–Trinajstić information content (AvgIpc) is 2.83. The molecule has 1 aromatic rings. The van der Waals surface area contributed by atoms with Crippen LogP contribution in [0.1, 0.15) is 19.4 Å². The lowest BCUT2D eigenvalue weighted by Crippen LogP contribution is -2.42. The van der Waals surface area contributed by atoms with Gasteiger partial charge in [0.25, 0.3) is 5.91 Å². The smallest absolute Gasteiger partial charge is 0.328 e. The molecule has 1 unspecified atom stereocenters. The molecule has 1 saturated heterocycles. The number of aromatic hydroxyl groups is 1. The molecular weight excluding hydrogens is 350 g/mol. The van der Waals surface area contributed by atoms with Gasteiger partial charge in [-0.1, -0.05) is 30.0 Å². The molecule has 1 aromatic carbocycles. The summed E-state index contributed by atoms with van der Waals surface area (Å²) in [5.41, 5.74) is 0.683. The normalized spacial score (nSPS) is 17.3. The number of hydrogen-bond acceptors (Lipinski definition) is 7. The van der Waals surface area contributed by atoms with Crippen LogP contribution in [-0.2, 0) is 14.3 Å². The first-order valence-corrected chi connectivity index (χ1v) is 8.42. The van der Waals surface area contributed by atoms with Gasteiger partial charge in [0.2, 0.25) is 0 Å². The molecule has 6 nitrogen and oxygen atoms in total. The average molecular weight is 367 g/mol. The topological polar surface area (TPSA) is 76.1 Å². The summed E-state index contributed by atoms with van der Waals surface area (Å²) in [6.45, 7) is 3.79. The Balaban J connectivity index is 2.29. The van der Waals surface area contributed by atoms with Gasteiger partial charge in [0.1, 0.15) is 10.4 Å². The number of hydrogen-bond donors (Lipinski definition) is 1. The van der Waals surface area contributed by atoms with Gasteiger partial charge in [-0.25, -0.2) is 4.79 Å². The van der Waals surface area contributed by atoms with Gasteiger partial charge in [-0.05, 0) is 37.6 Å². The second-order valence-corrected chi connectivity index (χ2v) is 6.59. The van der Waals surface area contributed by atoms with Crippen molar-refractivity contribution in [3.63, 3.8) is 0 Å².